The lowest BCUT2D eigenvalue weighted by atomic mass is 10.2. The molecule has 2 aliphatic rings. The predicted octanol–water partition coefficient (Wildman–Crippen LogP) is 3.05. The van der Waals surface area contributed by atoms with Crippen LogP contribution in [0, 0.1) is 6.92 Å². The van der Waals surface area contributed by atoms with Gasteiger partial charge in [-0.05, 0) is 46.2 Å². The van der Waals surface area contributed by atoms with E-state index in [1.165, 1.54) is 30.0 Å². The van der Waals surface area contributed by atoms with Gasteiger partial charge in [0.05, 0.1) is 12.3 Å². The zero-order valence-electron chi connectivity index (χ0n) is 13.4. The van der Waals surface area contributed by atoms with Crippen molar-refractivity contribution in [1.82, 2.24) is 15.2 Å². The number of aromatic nitrogens is 1. The second kappa shape index (κ2) is 6.73. The summed E-state index contributed by atoms with van der Waals surface area (Å²) in [5.41, 5.74) is 1.17. The average molecular weight is 309 g/mol. The molecular formula is C16H27N3OS. The van der Waals surface area contributed by atoms with Crippen molar-refractivity contribution >= 4 is 11.3 Å². The van der Waals surface area contributed by atoms with Gasteiger partial charge in [0.2, 0.25) is 0 Å². The lowest BCUT2D eigenvalue weighted by molar-refractivity contribution is -0.0502. The van der Waals surface area contributed by atoms with Crippen molar-refractivity contribution in [2.45, 2.75) is 58.2 Å². The van der Waals surface area contributed by atoms with Crippen molar-refractivity contribution in [3.63, 3.8) is 0 Å². The van der Waals surface area contributed by atoms with Crippen LogP contribution in [-0.4, -0.2) is 42.2 Å². The van der Waals surface area contributed by atoms with E-state index in [2.05, 4.69) is 31.0 Å². The molecule has 0 radical (unpaired) electrons. The van der Waals surface area contributed by atoms with Gasteiger partial charge in [0.1, 0.15) is 11.1 Å². The van der Waals surface area contributed by atoms with Crippen LogP contribution in [0.25, 0.3) is 0 Å². The van der Waals surface area contributed by atoms with E-state index < -0.39 is 0 Å². The normalized spacial score (nSPS) is 27.8. The average Bonchev–Trinajstić information content (AvgIpc) is 3.10. The van der Waals surface area contributed by atoms with E-state index in [-0.39, 0.29) is 6.10 Å². The van der Waals surface area contributed by atoms with Crippen LogP contribution < -0.4 is 5.32 Å². The Balaban J connectivity index is 1.68. The molecule has 2 aliphatic heterocycles. The number of fused-ring (bicyclic) bond motifs is 1. The van der Waals surface area contributed by atoms with Crippen LogP contribution in [0.3, 0.4) is 0 Å². The second-order valence-corrected chi connectivity index (χ2v) is 7.35. The van der Waals surface area contributed by atoms with E-state index in [1.807, 2.05) is 11.3 Å². The van der Waals surface area contributed by atoms with E-state index in [9.17, 15) is 0 Å². The topological polar surface area (TPSA) is 37.4 Å². The Bertz CT molecular complexity index is 476. The molecule has 1 aromatic heterocycles. The van der Waals surface area contributed by atoms with Crippen molar-refractivity contribution in [2.24, 2.45) is 0 Å². The lowest BCUT2D eigenvalue weighted by Crippen LogP contribution is -2.42. The Kier molecular flexibility index (Phi) is 4.94. The number of thiazole rings is 1. The van der Waals surface area contributed by atoms with Crippen LogP contribution >= 0.6 is 11.3 Å². The number of hydrogen-bond acceptors (Lipinski definition) is 5. The highest BCUT2D eigenvalue weighted by Gasteiger charge is 2.34. The van der Waals surface area contributed by atoms with Gasteiger partial charge in [-0.2, -0.15) is 0 Å². The van der Waals surface area contributed by atoms with Crippen LogP contribution in [0.15, 0.2) is 0 Å². The van der Waals surface area contributed by atoms with Crippen LogP contribution in [0.5, 0.6) is 0 Å². The van der Waals surface area contributed by atoms with E-state index >= 15 is 0 Å². The van der Waals surface area contributed by atoms with Gasteiger partial charge in [0, 0.05) is 23.5 Å². The predicted molar refractivity (Wildman–Crippen MR) is 86.8 cm³/mol. The Hall–Kier alpha value is -0.490. The highest BCUT2D eigenvalue weighted by molar-refractivity contribution is 7.11. The quantitative estimate of drug-likeness (QED) is 0.907. The largest absolute Gasteiger partial charge is 0.368 e. The van der Waals surface area contributed by atoms with Gasteiger partial charge in [0.25, 0.3) is 0 Å². The van der Waals surface area contributed by atoms with Crippen molar-refractivity contribution in [1.29, 1.82) is 0 Å². The number of aryl methyl sites for hydroxylation is 1. The van der Waals surface area contributed by atoms with Crippen LogP contribution in [0.2, 0.25) is 0 Å². The number of hydrogen-bond donors (Lipinski definition) is 1. The molecule has 0 bridgehead atoms. The van der Waals surface area contributed by atoms with Gasteiger partial charge in [-0.15, -0.1) is 11.3 Å². The minimum Gasteiger partial charge on any atom is -0.368 e. The third-order valence-corrected chi connectivity index (χ3v) is 6.04. The molecule has 118 valence electrons. The summed E-state index contributed by atoms with van der Waals surface area (Å²) in [5, 5.41) is 4.73. The highest BCUT2D eigenvalue weighted by Crippen LogP contribution is 2.34. The van der Waals surface area contributed by atoms with Crippen LogP contribution in [-0.2, 0) is 4.74 Å². The Morgan fingerprint density at radius 3 is 3.19 bits per heavy atom. The molecule has 3 heterocycles. The molecule has 4 nitrogen and oxygen atoms in total. The van der Waals surface area contributed by atoms with Crippen molar-refractivity contribution in [3.05, 3.63) is 15.6 Å². The lowest BCUT2D eigenvalue weighted by Gasteiger charge is -2.34. The summed E-state index contributed by atoms with van der Waals surface area (Å²) in [6, 6.07) is 1.05. The first-order valence-electron chi connectivity index (χ1n) is 8.25. The number of ether oxygens (including phenoxy) is 1. The van der Waals surface area contributed by atoms with Gasteiger partial charge in [-0.25, -0.2) is 4.98 Å². The fourth-order valence-electron chi connectivity index (χ4n) is 3.39. The number of rotatable bonds is 5. The van der Waals surface area contributed by atoms with Crippen molar-refractivity contribution < 1.29 is 4.74 Å². The molecule has 0 saturated carbocycles. The molecule has 0 aliphatic carbocycles. The molecule has 3 atom stereocenters. The summed E-state index contributed by atoms with van der Waals surface area (Å²) >= 11 is 1.83. The maximum Gasteiger partial charge on any atom is 0.123 e. The van der Waals surface area contributed by atoms with E-state index in [0.717, 1.165) is 31.1 Å². The first kappa shape index (κ1) is 15.4. The summed E-state index contributed by atoms with van der Waals surface area (Å²) in [7, 11) is 0. The van der Waals surface area contributed by atoms with Gasteiger partial charge >= 0.3 is 0 Å². The number of nitrogens with one attached hydrogen (secondary N) is 1. The smallest absolute Gasteiger partial charge is 0.123 e. The van der Waals surface area contributed by atoms with E-state index in [4.69, 9.17) is 9.72 Å². The molecule has 0 spiro atoms. The number of morpholine rings is 1. The maximum atomic E-state index is 6.09. The van der Waals surface area contributed by atoms with Gasteiger partial charge in [0.15, 0.2) is 0 Å². The minimum absolute atomic E-state index is 0.176. The molecule has 2 saturated heterocycles. The minimum atomic E-state index is 0.176. The van der Waals surface area contributed by atoms with Crippen LogP contribution in [0.4, 0.5) is 0 Å². The molecule has 0 amide bonds. The molecule has 1 N–H and O–H groups in total. The fraction of sp³-hybridized carbons (Fsp3) is 0.812. The first-order chi connectivity index (χ1) is 10.2. The summed E-state index contributed by atoms with van der Waals surface area (Å²) in [6.07, 6.45) is 3.96. The first-order valence-corrected chi connectivity index (χ1v) is 9.07. The van der Waals surface area contributed by atoms with Crippen molar-refractivity contribution in [2.75, 3.05) is 26.2 Å². The third-order valence-electron chi connectivity index (χ3n) is 4.61. The third kappa shape index (κ3) is 3.31. The zero-order chi connectivity index (χ0) is 14.8. The standard InChI is InChI=1S/C16H27N3OS/c1-4-7-17-11(2)15-12(3)18-16(21-15)14-9-19-8-5-6-13(19)10-20-14/h11,13-14,17H,4-10H2,1-3H3. The van der Waals surface area contributed by atoms with Gasteiger partial charge in [-0.1, -0.05) is 6.92 Å². The summed E-state index contributed by atoms with van der Waals surface area (Å²) < 4.78 is 6.09. The Labute approximate surface area is 131 Å². The molecule has 3 unspecified atom stereocenters. The molecular weight excluding hydrogens is 282 g/mol. The molecule has 1 aromatic rings. The monoisotopic (exact) mass is 309 g/mol. The molecule has 3 rings (SSSR count). The molecule has 21 heavy (non-hydrogen) atoms. The fourth-order valence-corrected chi connectivity index (χ4v) is 4.52. The molecule has 0 aromatic carbocycles. The highest BCUT2D eigenvalue weighted by atomic mass is 32.1. The summed E-state index contributed by atoms with van der Waals surface area (Å²) in [5.74, 6) is 0. The van der Waals surface area contributed by atoms with Gasteiger partial charge < -0.3 is 10.1 Å². The second-order valence-electron chi connectivity index (χ2n) is 6.29. The summed E-state index contributed by atoms with van der Waals surface area (Å²) in [6.45, 7) is 10.8. The van der Waals surface area contributed by atoms with E-state index in [0.29, 0.717) is 12.1 Å². The van der Waals surface area contributed by atoms with E-state index in [1.54, 1.807) is 0 Å². The maximum absolute atomic E-state index is 6.09. The van der Waals surface area contributed by atoms with Crippen molar-refractivity contribution in [3.8, 4) is 0 Å². The van der Waals surface area contributed by atoms with Gasteiger partial charge in [-0.3, -0.25) is 4.90 Å². The molecule has 5 heteroatoms. The molecule has 2 fully saturated rings. The Morgan fingerprint density at radius 1 is 1.52 bits per heavy atom. The summed E-state index contributed by atoms with van der Waals surface area (Å²) in [4.78, 5) is 8.76. The number of nitrogens with zero attached hydrogens (tertiary/aromatic N) is 2. The zero-order valence-corrected chi connectivity index (χ0v) is 14.2. The Morgan fingerprint density at radius 2 is 2.38 bits per heavy atom. The SMILES string of the molecule is CCCNC(C)c1sc(C2CN3CCCC3CO2)nc1C. The van der Waals surface area contributed by atoms with Crippen LogP contribution in [0.1, 0.15) is 60.8 Å².